The van der Waals surface area contributed by atoms with Gasteiger partial charge in [-0.15, -0.1) is 0 Å². The van der Waals surface area contributed by atoms with Gasteiger partial charge in [0.1, 0.15) is 5.78 Å². The second-order valence-corrected chi connectivity index (χ2v) is 5.91. The van der Waals surface area contributed by atoms with Crippen LogP contribution in [-0.2, 0) is 11.2 Å². The van der Waals surface area contributed by atoms with Gasteiger partial charge in [0.2, 0.25) is 0 Å². The molecule has 1 fully saturated rings. The van der Waals surface area contributed by atoms with Crippen molar-refractivity contribution in [3.8, 4) is 0 Å². The number of ketones is 1. The highest BCUT2D eigenvalue weighted by Crippen LogP contribution is 2.19. The Kier molecular flexibility index (Phi) is 5.39. The van der Waals surface area contributed by atoms with Crippen molar-refractivity contribution in [3.05, 3.63) is 34.3 Å². The molecule has 0 aliphatic carbocycles. The number of carbonyl (C=O) groups excluding carboxylic acids is 1. The summed E-state index contributed by atoms with van der Waals surface area (Å²) in [7, 11) is 0. The maximum absolute atomic E-state index is 12.0. The molecule has 0 radical (unpaired) electrons. The monoisotopic (exact) mass is 309 g/mol. The number of piperidine rings is 1. The largest absolute Gasteiger partial charge is 0.316 e. The van der Waals surface area contributed by atoms with Gasteiger partial charge in [0.25, 0.3) is 0 Å². The van der Waals surface area contributed by atoms with Crippen LogP contribution in [0.3, 0.4) is 0 Å². The average molecular weight is 310 g/mol. The van der Waals surface area contributed by atoms with Crippen LogP contribution in [0.25, 0.3) is 0 Å². The molecule has 2 rings (SSSR count). The lowest BCUT2D eigenvalue weighted by Crippen LogP contribution is -2.30. The normalized spacial score (nSPS) is 19.7. The lowest BCUT2D eigenvalue weighted by molar-refractivity contribution is -0.118. The van der Waals surface area contributed by atoms with Crippen molar-refractivity contribution < 1.29 is 4.79 Å². The van der Waals surface area contributed by atoms with E-state index in [9.17, 15) is 4.79 Å². The first-order chi connectivity index (χ1) is 8.75. The summed E-state index contributed by atoms with van der Waals surface area (Å²) in [6, 6.07) is 7.97. The zero-order chi connectivity index (χ0) is 12.8. The summed E-state index contributed by atoms with van der Waals surface area (Å²) in [5.41, 5.74) is 1.10. The summed E-state index contributed by atoms with van der Waals surface area (Å²) in [5, 5.41) is 3.40. The standard InChI is InChI=1S/C15H20BrNO/c16-15-6-2-1-5-13(15)10-14(18)8-7-12-4-3-9-17-11-12/h1-2,5-6,12,17H,3-4,7-11H2. The van der Waals surface area contributed by atoms with Crippen LogP contribution >= 0.6 is 15.9 Å². The summed E-state index contributed by atoms with van der Waals surface area (Å²) in [5.74, 6) is 1.05. The van der Waals surface area contributed by atoms with Crippen LogP contribution in [0.4, 0.5) is 0 Å². The number of Topliss-reactive ketones (excluding diaryl/α,β-unsaturated/α-hetero) is 1. The number of benzene rings is 1. The maximum Gasteiger partial charge on any atom is 0.137 e. The van der Waals surface area contributed by atoms with E-state index in [0.29, 0.717) is 24.5 Å². The lowest BCUT2D eigenvalue weighted by atomic mass is 9.92. The molecule has 1 aliphatic rings. The van der Waals surface area contributed by atoms with Crippen LogP contribution in [0.15, 0.2) is 28.7 Å². The van der Waals surface area contributed by atoms with E-state index in [1.807, 2.05) is 24.3 Å². The van der Waals surface area contributed by atoms with Crippen molar-refractivity contribution in [2.75, 3.05) is 13.1 Å². The molecule has 0 spiro atoms. The number of rotatable bonds is 5. The number of halogens is 1. The van der Waals surface area contributed by atoms with Gasteiger partial charge in [0.05, 0.1) is 0 Å². The fourth-order valence-electron chi connectivity index (χ4n) is 2.48. The number of hydrogen-bond donors (Lipinski definition) is 1. The minimum atomic E-state index is 0.354. The van der Waals surface area contributed by atoms with E-state index in [4.69, 9.17) is 0 Å². The third-order valence-corrected chi connectivity index (χ3v) is 4.35. The van der Waals surface area contributed by atoms with Gasteiger partial charge in [-0.1, -0.05) is 34.1 Å². The molecule has 0 aromatic heterocycles. The van der Waals surface area contributed by atoms with E-state index in [-0.39, 0.29) is 0 Å². The molecule has 98 valence electrons. The first kappa shape index (κ1) is 13.8. The van der Waals surface area contributed by atoms with Gasteiger partial charge in [0, 0.05) is 17.3 Å². The van der Waals surface area contributed by atoms with Crippen molar-refractivity contribution in [1.82, 2.24) is 5.32 Å². The predicted octanol–water partition coefficient (Wildman–Crippen LogP) is 3.34. The minimum Gasteiger partial charge on any atom is -0.316 e. The first-order valence-corrected chi connectivity index (χ1v) is 7.51. The third-order valence-electron chi connectivity index (χ3n) is 3.58. The Morgan fingerprint density at radius 2 is 2.22 bits per heavy atom. The molecule has 0 amide bonds. The van der Waals surface area contributed by atoms with Gasteiger partial charge in [-0.05, 0) is 49.9 Å². The Bertz CT molecular complexity index is 399. The Balaban J connectivity index is 1.76. The molecule has 1 saturated heterocycles. The zero-order valence-corrected chi connectivity index (χ0v) is 12.2. The van der Waals surface area contributed by atoms with Gasteiger partial charge in [-0.25, -0.2) is 0 Å². The van der Waals surface area contributed by atoms with E-state index in [1.165, 1.54) is 12.8 Å². The van der Waals surface area contributed by atoms with Crippen LogP contribution in [0.2, 0.25) is 0 Å². The fraction of sp³-hybridized carbons (Fsp3) is 0.533. The second kappa shape index (κ2) is 7.05. The van der Waals surface area contributed by atoms with Gasteiger partial charge < -0.3 is 5.32 Å². The van der Waals surface area contributed by atoms with Crippen molar-refractivity contribution in [1.29, 1.82) is 0 Å². The molecule has 1 aliphatic heterocycles. The summed E-state index contributed by atoms with van der Waals surface area (Å²) < 4.78 is 1.04. The van der Waals surface area contributed by atoms with E-state index in [2.05, 4.69) is 21.2 Å². The zero-order valence-electron chi connectivity index (χ0n) is 10.6. The summed E-state index contributed by atoms with van der Waals surface area (Å²) in [4.78, 5) is 12.0. The van der Waals surface area contributed by atoms with E-state index in [0.717, 1.165) is 29.5 Å². The van der Waals surface area contributed by atoms with Crippen molar-refractivity contribution in [2.24, 2.45) is 5.92 Å². The van der Waals surface area contributed by atoms with Gasteiger partial charge >= 0.3 is 0 Å². The Morgan fingerprint density at radius 1 is 1.39 bits per heavy atom. The minimum absolute atomic E-state index is 0.354. The van der Waals surface area contributed by atoms with E-state index in [1.54, 1.807) is 0 Å². The van der Waals surface area contributed by atoms with E-state index < -0.39 is 0 Å². The summed E-state index contributed by atoms with van der Waals surface area (Å²) in [6.07, 6.45) is 4.84. The van der Waals surface area contributed by atoms with Crippen LogP contribution in [0.5, 0.6) is 0 Å². The van der Waals surface area contributed by atoms with Gasteiger partial charge in [0.15, 0.2) is 0 Å². The third kappa shape index (κ3) is 4.21. The molecule has 1 atom stereocenters. The topological polar surface area (TPSA) is 29.1 Å². The van der Waals surface area contributed by atoms with Crippen LogP contribution in [-0.4, -0.2) is 18.9 Å². The smallest absolute Gasteiger partial charge is 0.137 e. The Hall–Kier alpha value is -0.670. The van der Waals surface area contributed by atoms with Gasteiger partial charge in [-0.2, -0.15) is 0 Å². The van der Waals surface area contributed by atoms with Crippen LogP contribution < -0.4 is 5.32 Å². The molecule has 1 N–H and O–H groups in total. The average Bonchev–Trinajstić information content (AvgIpc) is 2.40. The molecular formula is C15H20BrNO. The van der Waals surface area contributed by atoms with Crippen molar-refractivity contribution in [2.45, 2.75) is 32.1 Å². The molecule has 3 heteroatoms. The number of nitrogens with one attached hydrogen (secondary N) is 1. The summed E-state index contributed by atoms with van der Waals surface area (Å²) >= 11 is 3.49. The summed E-state index contributed by atoms with van der Waals surface area (Å²) in [6.45, 7) is 2.23. The SMILES string of the molecule is O=C(CCC1CCCNC1)Cc1ccccc1Br. The van der Waals surface area contributed by atoms with Crippen LogP contribution in [0, 0.1) is 5.92 Å². The molecule has 0 saturated carbocycles. The number of carbonyl (C=O) groups is 1. The van der Waals surface area contributed by atoms with Crippen molar-refractivity contribution >= 4 is 21.7 Å². The molecule has 18 heavy (non-hydrogen) atoms. The molecule has 0 bridgehead atoms. The first-order valence-electron chi connectivity index (χ1n) is 6.71. The molecule has 1 aromatic rings. The molecular weight excluding hydrogens is 290 g/mol. The maximum atomic E-state index is 12.0. The van der Waals surface area contributed by atoms with Crippen LogP contribution in [0.1, 0.15) is 31.2 Å². The lowest BCUT2D eigenvalue weighted by Gasteiger charge is -2.22. The molecule has 1 heterocycles. The van der Waals surface area contributed by atoms with Gasteiger partial charge in [-0.3, -0.25) is 4.79 Å². The highest BCUT2D eigenvalue weighted by molar-refractivity contribution is 9.10. The highest BCUT2D eigenvalue weighted by atomic mass is 79.9. The molecule has 2 nitrogen and oxygen atoms in total. The fourth-order valence-corrected chi connectivity index (χ4v) is 2.90. The predicted molar refractivity (Wildman–Crippen MR) is 77.7 cm³/mol. The number of hydrogen-bond acceptors (Lipinski definition) is 2. The molecule has 1 aromatic carbocycles. The van der Waals surface area contributed by atoms with E-state index >= 15 is 0 Å². The molecule has 1 unspecified atom stereocenters. The second-order valence-electron chi connectivity index (χ2n) is 5.06. The quantitative estimate of drug-likeness (QED) is 0.904. The highest BCUT2D eigenvalue weighted by Gasteiger charge is 2.15. The Labute approximate surface area is 117 Å². The Morgan fingerprint density at radius 3 is 2.94 bits per heavy atom. The van der Waals surface area contributed by atoms with Crippen molar-refractivity contribution in [3.63, 3.8) is 0 Å².